The lowest BCUT2D eigenvalue weighted by Gasteiger charge is -2.57. The van der Waals surface area contributed by atoms with Gasteiger partial charge in [0.05, 0.1) is 10.3 Å². The molecule has 1 aromatic carbocycles. The van der Waals surface area contributed by atoms with Crippen molar-refractivity contribution >= 4 is 34.9 Å². The highest BCUT2D eigenvalue weighted by Crippen LogP contribution is 2.60. The highest BCUT2D eigenvalue weighted by Gasteiger charge is 2.56. The molecule has 4 saturated carbocycles. The Bertz CT molecular complexity index is 1350. The molecule has 3 aromatic rings. The van der Waals surface area contributed by atoms with Crippen molar-refractivity contribution in [3.63, 3.8) is 0 Å². The van der Waals surface area contributed by atoms with Gasteiger partial charge in [-0.15, -0.1) is 21.5 Å². The van der Waals surface area contributed by atoms with Gasteiger partial charge in [-0.3, -0.25) is 14.2 Å². The van der Waals surface area contributed by atoms with Crippen LogP contribution >= 0.6 is 23.1 Å². The Morgan fingerprint density at radius 3 is 2.37 bits per heavy atom. The van der Waals surface area contributed by atoms with Crippen LogP contribution in [0.1, 0.15) is 58.3 Å². The third kappa shape index (κ3) is 5.24. The molecule has 0 N–H and O–H groups in total. The summed E-state index contributed by atoms with van der Waals surface area (Å²) in [5.41, 5.74) is 0.935. The molecule has 8 rings (SSSR count). The Morgan fingerprint density at radius 2 is 1.71 bits per heavy atom. The fourth-order valence-electron chi connectivity index (χ4n) is 8.45. The van der Waals surface area contributed by atoms with Gasteiger partial charge < -0.3 is 9.80 Å². The van der Waals surface area contributed by atoms with E-state index in [-0.39, 0.29) is 17.4 Å². The maximum Gasteiger partial charge on any atom is 0.229 e. The zero-order valence-corrected chi connectivity index (χ0v) is 25.4. The van der Waals surface area contributed by atoms with Gasteiger partial charge in [-0.25, -0.2) is 0 Å². The largest absolute Gasteiger partial charge is 0.339 e. The van der Waals surface area contributed by atoms with E-state index < -0.39 is 0 Å². The number of thiophene rings is 1. The van der Waals surface area contributed by atoms with E-state index in [1.165, 1.54) is 19.3 Å². The number of thioether (sulfide) groups is 1. The molecule has 4 aliphatic carbocycles. The second-order valence-electron chi connectivity index (χ2n) is 12.8. The molecule has 5 fully saturated rings. The minimum atomic E-state index is -0.101. The molecule has 9 heteroatoms. The Hall–Kier alpha value is -2.65. The van der Waals surface area contributed by atoms with E-state index in [2.05, 4.69) is 50.2 Å². The minimum Gasteiger partial charge on any atom is -0.339 e. The Morgan fingerprint density at radius 1 is 0.976 bits per heavy atom. The molecule has 4 bridgehead atoms. The molecule has 0 spiro atoms. The lowest BCUT2D eigenvalue weighted by atomic mass is 9.49. The minimum absolute atomic E-state index is 0.0858. The summed E-state index contributed by atoms with van der Waals surface area (Å²) in [7, 11) is 0. The zero-order valence-electron chi connectivity index (χ0n) is 23.8. The summed E-state index contributed by atoms with van der Waals surface area (Å²) in [5.74, 6) is 4.54. The smallest absolute Gasteiger partial charge is 0.229 e. The number of carbonyl (C=O) groups is 2. The van der Waals surface area contributed by atoms with Crippen molar-refractivity contribution in [2.24, 2.45) is 23.2 Å². The third-order valence-corrected chi connectivity index (χ3v) is 11.8. The van der Waals surface area contributed by atoms with Crippen LogP contribution in [0.4, 0.5) is 0 Å². The van der Waals surface area contributed by atoms with Gasteiger partial charge in [0.1, 0.15) is 0 Å². The summed E-state index contributed by atoms with van der Waals surface area (Å²) in [6, 6.07) is 14.4. The molecule has 2 aromatic heterocycles. The maximum atomic E-state index is 13.9. The second-order valence-corrected chi connectivity index (χ2v) is 14.8. The Kier molecular flexibility index (Phi) is 7.44. The fourth-order valence-corrected chi connectivity index (χ4v) is 10.0. The third-order valence-electron chi connectivity index (χ3n) is 9.89. The summed E-state index contributed by atoms with van der Waals surface area (Å²) in [6.07, 6.45) is 8.66. The number of para-hydroxylation sites is 1. The number of hydrogen-bond donors (Lipinski definition) is 0. The van der Waals surface area contributed by atoms with E-state index in [1.807, 2.05) is 29.2 Å². The molecular weight excluding hydrogens is 551 g/mol. The molecule has 5 aliphatic rings. The standard InChI is InChI=1S/C32H39N5O2S2/c1-22-21-35(11-12-36(22)30(39)32-18-23-15-24(19-32)17-25(16-23)20-32)28(38)10-6-14-41-31-34-33-29(27-9-5-13-40-27)37(31)26-7-3-2-4-8-26/h2-5,7-9,13,22-25H,6,10-12,14-21H2,1H3. The van der Waals surface area contributed by atoms with Crippen LogP contribution in [0.25, 0.3) is 16.4 Å². The van der Waals surface area contributed by atoms with Crippen LogP contribution in [0, 0.1) is 23.2 Å². The van der Waals surface area contributed by atoms with Gasteiger partial charge in [0, 0.05) is 43.5 Å². The molecule has 1 saturated heterocycles. The number of hydrogen-bond acceptors (Lipinski definition) is 6. The highest BCUT2D eigenvalue weighted by molar-refractivity contribution is 7.99. The van der Waals surface area contributed by atoms with E-state index in [9.17, 15) is 9.59 Å². The van der Waals surface area contributed by atoms with Crippen molar-refractivity contribution in [3.8, 4) is 16.4 Å². The van der Waals surface area contributed by atoms with E-state index in [0.29, 0.717) is 32.0 Å². The summed E-state index contributed by atoms with van der Waals surface area (Å²) in [6.45, 7) is 4.11. The van der Waals surface area contributed by atoms with Crippen LogP contribution in [0.15, 0.2) is 53.0 Å². The van der Waals surface area contributed by atoms with Crippen LogP contribution in [-0.2, 0) is 9.59 Å². The first kappa shape index (κ1) is 27.2. The second kappa shape index (κ2) is 11.2. The zero-order chi connectivity index (χ0) is 28.0. The first-order valence-corrected chi connectivity index (χ1v) is 17.1. The molecule has 216 valence electrons. The number of aromatic nitrogens is 3. The first-order chi connectivity index (χ1) is 20.0. The van der Waals surface area contributed by atoms with Crippen molar-refractivity contribution in [2.75, 3.05) is 25.4 Å². The number of benzene rings is 1. The monoisotopic (exact) mass is 589 g/mol. The summed E-state index contributed by atoms with van der Waals surface area (Å²) < 4.78 is 2.11. The van der Waals surface area contributed by atoms with Gasteiger partial charge in [-0.1, -0.05) is 36.0 Å². The SMILES string of the molecule is CC1CN(C(=O)CCCSc2nnc(-c3cccs3)n2-c2ccccc2)CCN1C(=O)C12CC3CC(CC(C3)C1)C2. The average Bonchev–Trinajstić information content (AvgIpc) is 3.65. The summed E-state index contributed by atoms with van der Waals surface area (Å²) in [4.78, 5) is 32.3. The van der Waals surface area contributed by atoms with Gasteiger partial charge in [-0.05, 0) is 93.2 Å². The molecule has 1 aliphatic heterocycles. The molecule has 41 heavy (non-hydrogen) atoms. The van der Waals surface area contributed by atoms with E-state index in [0.717, 1.165) is 70.7 Å². The average molecular weight is 590 g/mol. The molecule has 0 radical (unpaired) electrons. The topological polar surface area (TPSA) is 71.3 Å². The Balaban J connectivity index is 0.930. The number of nitrogens with zero attached hydrogens (tertiary/aromatic N) is 5. The molecular formula is C32H39N5O2S2. The van der Waals surface area contributed by atoms with Crippen molar-refractivity contribution in [2.45, 2.75) is 69.5 Å². The molecule has 7 nitrogen and oxygen atoms in total. The van der Waals surface area contributed by atoms with E-state index >= 15 is 0 Å². The van der Waals surface area contributed by atoms with Crippen LogP contribution in [0.3, 0.4) is 0 Å². The molecule has 1 unspecified atom stereocenters. The first-order valence-electron chi connectivity index (χ1n) is 15.3. The van der Waals surface area contributed by atoms with Crippen molar-refractivity contribution in [1.82, 2.24) is 24.6 Å². The van der Waals surface area contributed by atoms with E-state index in [4.69, 9.17) is 0 Å². The van der Waals surface area contributed by atoms with Crippen LogP contribution < -0.4 is 0 Å². The van der Waals surface area contributed by atoms with Gasteiger partial charge in [0.15, 0.2) is 11.0 Å². The van der Waals surface area contributed by atoms with Crippen LogP contribution in [0.5, 0.6) is 0 Å². The number of piperazine rings is 1. The highest BCUT2D eigenvalue weighted by atomic mass is 32.2. The van der Waals surface area contributed by atoms with Gasteiger partial charge >= 0.3 is 0 Å². The Labute approximate surface area is 250 Å². The summed E-state index contributed by atoms with van der Waals surface area (Å²) >= 11 is 3.31. The lowest BCUT2D eigenvalue weighted by molar-refractivity contribution is -0.163. The van der Waals surface area contributed by atoms with Crippen LogP contribution in [-0.4, -0.2) is 67.8 Å². The quantitative estimate of drug-likeness (QED) is 0.233. The lowest BCUT2D eigenvalue weighted by Crippen LogP contribution is -2.61. The van der Waals surface area contributed by atoms with Gasteiger partial charge in [0.25, 0.3) is 0 Å². The predicted molar refractivity (Wildman–Crippen MR) is 163 cm³/mol. The predicted octanol–water partition coefficient (Wildman–Crippen LogP) is 6.14. The van der Waals surface area contributed by atoms with Crippen molar-refractivity contribution in [3.05, 3.63) is 47.8 Å². The summed E-state index contributed by atoms with van der Waals surface area (Å²) in [5, 5.41) is 11.9. The maximum absolute atomic E-state index is 13.9. The number of carbonyl (C=O) groups excluding carboxylic acids is 2. The van der Waals surface area contributed by atoms with Crippen molar-refractivity contribution in [1.29, 1.82) is 0 Å². The van der Waals surface area contributed by atoms with E-state index in [1.54, 1.807) is 23.1 Å². The molecule has 2 amide bonds. The molecule has 3 heterocycles. The number of rotatable bonds is 8. The van der Waals surface area contributed by atoms with Crippen molar-refractivity contribution < 1.29 is 9.59 Å². The fraction of sp³-hybridized carbons (Fsp3) is 0.562. The van der Waals surface area contributed by atoms with Gasteiger partial charge in [0.2, 0.25) is 11.8 Å². The van der Waals surface area contributed by atoms with Crippen LogP contribution in [0.2, 0.25) is 0 Å². The normalized spacial score (nSPS) is 28.8. The molecule has 1 atom stereocenters. The van der Waals surface area contributed by atoms with Gasteiger partial charge in [-0.2, -0.15) is 0 Å². The number of amides is 2.